The largest absolute Gasteiger partial charge is 0.486 e. The second-order valence-corrected chi connectivity index (χ2v) is 23.4. The molecule has 9 aromatic rings. The summed E-state index contributed by atoms with van der Waals surface area (Å²) in [7, 11) is -1.34. The van der Waals surface area contributed by atoms with Gasteiger partial charge < -0.3 is 14.0 Å². The fourth-order valence-electron chi connectivity index (χ4n) is 8.69. The van der Waals surface area contributed by atoms with Crippen molar-refractivity contribution in [1.29, 1.82) is 0 Å². The van der Waals surface area contributed by atoms with Gasteiger partial charge in [0.05, 0.1) is 30.5 Å². The van der Waals surface area contributed by atoms with Crippen LogP contribution in [-0.2, 0) is 26.5 Å². The normalized spacial score (nSPS) is 11.9. The van der Waals surface area contributed by atoms with E-state index in [4.69, 9.17) is 14.4 Å². The van der Waals surface area contributed by atoms with Gasteiger partial charge in [-0.05, 0) is 94.2 Å². The maximum atomic E-state index is 6.52. The number of aromatic nitrogens is 4. The molecule has 9 rings (SSSR count). The minimum Gasteiger partial charge on any atom is -0.486 e. The van der Waals surface area contributed by atoms with E-state index in [1.807, 2.05) is 31.2 Å². The number of hydrogen-bond acceptors (Lipinski definition) is 4. The van der Waals surface area contributed by atoms with Crippen molar-refractivity contribution < 1.29 is 24.5 Å². The third-order valence-corrected chi connectivity index (χ3v) is 13.5. The van der Waals surface area contributed by atoms with E-state index in [-0.39, 0.29) is 20.1 Å². The Balaban J connectivity index is 0.000000226. The summed E-state index contributed by atoms with van der Waals surface area (Å²) in [6, 6.07) is 42.9. The van der Waals surface area contributed by atoms with Crippen LogP contribution >= 0.6 is 0 Å². The standard InChI is InChI=1S/C36H32N3O.C18H24NSi.Ir/c1-20(2)28-19-24-11-7-8-12-25(24)31(21(3)4)33(28)39-30-14-10-9-13-29(30)38-35(39)27-17-15-22(5)32-26-18-16-23(6)37-36(26)40-34(27)32;1-14(2)11-16-12-17(15-9-7-6-8-10-15)19-13-18(16)20(3,4)5;/h7-16,18-21H,1-6H3;6-9,12-14H,11H2,1-5H3;/q2*-1;. The van der Waals surface area contributed by atoms with E-state index in [0.29, 0.717) is 23.5 Å². The molecule has 0 N–H and O–H groups in total. The number of furan rings is 1. The second-order valence-electron chi connectivity index (χ2n) is 18.3. The number of imidazole rings is 1. The molecule has 0 bridgehead atoms. The van der Waals surface area contributed by atoms with Crippen molar-refractivity contribution in [2.75, 3.05) is 0 Å². The Labute approximate surface area is 376 Å². The first-order valence-electron chi connectivity index (χ1n) is 21.4. The predicted octanol–water partition coefficient (Wildman–Crippen LogP) is 14.1. The Morgan fingerprint density at radius 3 is 2.21 bits per heavy atom. The maximum Gasteiger partial charge on any atom is 0.216 e. The number of pyridine rings is 2. The van der Waals surface area contributed by atoms with Gasteiger partial charge in [-0.25, -0.2) is 4.98 Å². The summed E-state index contributed by atoms with van der Waals surface area (Å²) in [4.78, 5) is 14.7. The van der Waals surface area contributed by atoms with Crippen molar-refractivity contribution in [1.82, 2.24) is 19.5 Å². The topological polar surface area (TPSA) is 56.7 Å². The van der Waals surface area contributed by atoms with Gasteiger partial charge in [0.15, 0.2) is 0 Å². The van der Waals surface area contributed by atoms with E-state index in [1.54, 1.807) is 0 Å². The van der Waals surface area contributed by atoms with Crippen LogP contribution in [0.1, 0.15) is 81.3 Å². The van der Waals surface area contributed by atoms with Crippen molar-refractivity contribution >= 4 is 57.1 Å². The van der Waals surface area contributed by atoms with Crippen molar-refractivity contribution in [2.45, 2.75) is 93.3 Å². The van der Waals surface area contributed by atoms with Gasteiger partial charge in [0.25, 0.3) is 0 Å². The van der Waals surface area contributed by atoms with E-state index < -0.39 is 8.07 Å². The number of aryl methyl sites for hydroxylation is 2. The molecule has 0 saturated heterocycles. The summed E-state index contributed by atoms with van der Waals surface area (Å²) < 4.78 is 8.88. The smallest absolute Gasteiger partial charge is 0.216 e. The molecule has 0 aliphatic carbocycles. The van der Waals surface area contributed by atoms with E-state index in [2.05, 4.69) is 175 Å². The molecule has 0 unspecified atom stereocenters. The molecule has 0 fully saturated rings. The van der Waals surface area contributed by atoms with E-state index in [0.717, 1.165) is 67.7 Å². The molecule has 5 aromatic carbocycles. The SMILES string of the molecule is CC(C)Cc1cc(-c2[c-]cccc2)ncc1[Si](C)(C)C.Cc1ccc2c(n1)oc1c(-c3nc4ccccc4n3-c3c(C(C)C)cc4ccccc4c3C(C)C)[c-]cc(C)c12.[Ir]. The number of nitrogens with zero attached hydrogens (tertiary/aromatic N) is 4. The minimum absolute atomic E-state index is 0. The fourth-order valence-corrected chi connectivity index (χ4v) is 10.3. The Hall–Kier alpha value is -5.20. The molecule has 313 valence electrons. The van der Waals surface area contributed by atoms with Crippen LogP contribution in [0.4, 0.5) is 0 Å². The van der Waals surface area contributed by atoms with Gasteiger partial charge in [0, 0.05) is 43.1 Å². The molecule has 0 aliphatic heterocycles. The van der Waals surface area contributed by atoms with Crippen LogP contribution in [0.15, 0.2) is 114 Å². The van der Waals surface area contributed by atoms with Crippen LogP contribution in [0.25, 0.3) is 72.2 Å². The molecular weight excluding hydrogens is 941 g/mol. The number of rotatable bonds is 8. The van der Waals surface area contributed by atoms with Crippen molar-refractivity contribution in [3.8, 4) is 28.3 Å². The Kier molecular flexibility index (Phi) is 12.7. The fraction of sp³-hybridized carbons (Fsp3) is 0.278. The summed E-state index contributed by atoms with van der Waals surface area (Å²) in [5.41, 5.74) is 13.8. The second kappa shape index (κ2) is 17.6. The van der Waals surface area contributed by atoms with Crippen molar-refractivity contribution in [2.24, 2.45) is 5.92 Å². The van der Waals surface area contributed by atoms with Crippen molar-refractivity contribution in [3.05, 3.63) is 149 Å². The van der Waals surface area contributed by atoms with E-state index in [1.165, 1.54) is 38.3 Å². The van der Waals surface area contributed by atoms with Crippen LogP contribution in [0, 0.1) is 31.9 Å². The molecule has 0 aliphatic rings. The Morgan fingerprint density at radius 1 is 0.770 bits per heavy atom. The third kappa shape index (κ3) is 8.53. The summed E-state index contributed by atoms with van der Waals surface area (Å²) in [6.45, 7) is 25.0. The van der Waals surface area contributed by atoms with Gasteiger partial charge >= 0.3 is 0 Å². The first-order valence-corrected chi connectivity index (χ1v) is 24.9. The van der Waals surface area contributed by atoms with Gasteiger partial charge in [-0.2, -0.15) is 0 Å². The molecule has 1 radical (unpaired) electrons. The number of hydrogen-bond donors (Lipinski definition) is 0. The Morgan fingerprint density at radius 2 is 1.51 bits per heavy atom. The molecule has 0 spiro atoms. The summed E-state index contributed by atoms with van der Waals surface area (Å²) in [5.74, 6) is 2.11. The predicted molar refractivity (Wildman–Crippen MR) is 256 cm³/mol. The van der Waals surface area contributed by atoms with Crippen molar-refractivity contribution in [3.63, 3.8) is 0 Å². The third-order valence-electron chi connectivity index (χ3n) is 11.5. The zero-order valence-electron chi connectivity index (χ0n) is 37.4. The van der Waals surface area contributed by atoms with Crippen LogP contribution in [0.5, 0.6) is 0 Å². The van der Waals surface area contributed by atoms with Crippen LogP contribution in [-0.4, -0.2) is 27.6 Å². The molecule has 0 atom stereocenters. The number of para-hydroxylation sites is 2. The monoisotopic (exact) mass is 997 g/mol. The van der Waals surface area contributed by atoms with Crippen LogP contribution in [0.2, 0.25) is 19.6 Å². The molecular formula is C54H56IrN4OSi-2. The Bertz CT molecular complexity index is 3010. The number of fused-ring (bicyclic) bond motifs is 5. The summed E-state index contributed by atoms with van der Waals surface area (Å²) in [5, 5.41) is 6.13. The van der Waals surface area contributed by atoms with Gasteiger partial charge in [-0.15, -0.1) is 53.6 Å². The van der Waals surface area contributed by atoms with Crippen LogP contribution < -0.4 is 5.19 Å². The zero-order chi connectivity index (χ0) is 42.5. The van der Waals surface area contributed by atoms with E-state index >= 15 is 0 Å². The molecule has 4 heterocycles. The van der Waals surface area contributed by atoms with Gasteiger partial charge in [0.1, 0.15) is 0 Å². The van der Waals surface area contributed by atoms with Crippen LogP contribution in [0.3, 0.4) is 0 Å². The first kappa shape index (κ1) is 43.9. The molecule has 61 heavy (non-hydrogen) atoms. The minimum atomic E-state index is -1.34. The maximum absolute atomic E-state index is 6.52. The molecule has 7 heteroatoms. The zero-order valence-corrected chi connectivity index (χ0v) is 40.8. The first-order chi connectivity index (χ1) is 28.7. The molecule has 4 aromatic heterocycles. The quantitative estimate of drug-likeness (QED) is 0.112. The summed E-state index contributed by atoms with van der Waals surface area (Å²) >= 11 is 0. The average Bonchev–Trinajstić information content (AvgIpc) is 3.79. The average molecular weight is 997 g/mol. The number of benzene rings is 5. The molecule has 5 nitrogen and oxygen atoms in total. The van der Waals surface area contributed by atoms with Gasteiger partial charge in [0.2, 0.25) is 5.71 Å². The van der Waals surface area contributed by atoms with Gasteiger partial charge in [-0.1, -0.05) is 127 Å². The molecule has 0 saturated carbocycles. The summed E-state index contributed by atoms with van der Waals surface area (Å²) in [6.07, 6.45) is 3.24. The molecule has 0 amide bonds. The van der Waals surface area contributed by atoms with Gasteiger partial charge in [-0.3, -0.25) is 4.98 Å². The van der Waals surface area contributed by atoms with E-state index in [9.17, 15) is 0 Å².